The van der Waals surface area contributed by atoms with Gasteiger partial charge in [-0.05, 0) is 37.4 Å². The summed E-state index contributed by atoms with van der Waals surface area (Å²) in [7, 11) is 2.13. The molecular weight excluding hydrogens is 461 g/mol. The second kappa shape index (κ2) is 8.97. The van der Waals surface area contributed by atoms with Gasteiger partial charge in [-0.1, -0.05) is 29.3 Å². The maximum Gasteiger partial charge on any atom is 0.266 e. The summed E-state index contributed by atoms with van der Waals surface area (Å²) in [5.41, 5.74) is 1.41. The van der Waals surface area contributed by atoms with Crippen LogP contribution in [-0.4, -0.2) is 57.6 Å². The zero-order chi connectivity index (χ0) is 22.9. The maximum atomic E-state index is 13.0. The minimum absolute atomic E-state index is 0.299. The van der Waals surface area contributed by atoms with Crippen LogP contribution in [0.15, 0.2) is 59.8 Å². The first kappa shape index (κ1) is 21.6. The monoisotopic (exact) mass is 481 g/mol. The first-order valence-electron chi connectivity index (χ1n) is 10.5. The second-order valence-corrected chi connectivity index (χ2v) is 8.69. The van der Waals surface area contributed by atoms with Crippen LogP contribution in [0.4, 0.5) is 17.5 Å². The van der Waals surface area contributed by atoms with Gasteiger partial charge in [-0.25, -0.2) is 15.0 Å². The average Bonchev–Trinajstić information content (AvgIpc) is 2.81. The van der Waals surface area contributed by atoms with Crippen molar-refractivity contribution < 1.29 is 0 Å². The van der Waals surface area contributed by atoms with Crippen molar-refractivity contribution in [3.8, 4) is 5.69 Å². The summed E-state index contributed by atoms with van der Waals surface area (Å²) in [4.78, 5) is 31.0. The summed E-state index contributed by atoms with van der Waals surface area (Å²) >= 11 is 12.5. The number of nitrogens with one attached hydrogen (secondary N) is 1. The number of hydrogen-bond acceptors (Lipinski definition) is 7. The summed E-state index contributed by atoms with van der Waals surface area (Å²) in [5.74, 6) is 1.33. The van der Waals surface area contributed by atoms with Crippen LogP contribution in [0, 0.1) is 0 Å². The number of aromatic nitrogens is 4. The Balaban J connectivity index is 1.38. The van der Waals surface area contributed by atoms with Crippen LogP contribution in [0.1, 0.15) is 0 Å². The molecule has 0 radical (unpaired) electrons. The van der Waals surface area contributed by atoms with E-state index in [9.17, 15) is 4.79 Å². The quantitative estimate of drug-likeness (QED) is 0.472. The number of piperazine rings is 1. The van der Waals surface area contributed by atoms with Gasteiger partial charge in [0.05, 0.1) is 38.5 Å². The number of pyridine rings is 2. The molecule has 0 saturated carbocycles. The minimum Gasteiger partial charge on any atom is -0.354 e. The Morgan fingerprint density at radius 3 is 2.39 bits per heavy atom. The summed E-state index contributed by atoms with van der Waals surface area (Å²) < 4.78 is 1.41. The Kier molecular flexibility index (Phi) is 5.88. The van der Waals surface area contributed by atoms with Crippen molar-refractivity contribution in [2.75, 3.05) is 43.4 Å². The molecule has 3 aromatic heterocycles. The largest absolute Gasteiger partial charge is 0.354 e. The molecule has 0 amide bonds. The van der Waals surface area contributed by atoms with E-state index < -0.39 is 0 Å². The van der Waals surface area contributed by atoms with Gasteiger partial charge in [0.25, 0.3) is 5.56 Å². The van der Waals surface area contributed by atoms with E-state index in [0.717, 1.165) is 37.7 Å². The lowest BCUT2D eigenvalue weighted by Gasteiger charge is -2.33. The van der Waals surface area contributed by atoms with Gasteiger partial charge >= 0.3 is 0 Å². The van der Waals surface area contributed by atoms with E-state index in [1.165, 1.54) is 10.8 Å². The van der Waals surface area contributed by atoms with Gasteiger partial charge in [-0.2, -0.15) is 0 Å². The standard InChI is InChI=1S/C23H21Cl2N7O/c1-30-9-11-31(12-10-30)20-6-5-15(13-26-20)28-23-27-14-16-19(29-23)7-8-32(22(16)33)21-17(24)3-2-4-18(21)25/h2-8,13-14H,9-12H2,1H3,(H,27,28,29). The molecule has 1 aromatic carbocycles. The number of anilines is 3. The third kappa shape index (κ3) is 4.37. The summed E-state index contributed by atoms with van der Waals surface area (Å²) in [5, 5.41) is 4.29. The third-order valence-corrected chi connectivity index (χ3v) is 6.27. The zero-order valence-corrected chi connectivity index (χ0v) is 19.4. The van der Waals surface area contributed by atoms with E-state index in [2.05, 4.69) is 37.1 Å². The molecule has 0 spiro atoms. The van der Waals surface area contributed by atoms with Crippen molar-refractivity contribution in [1.29, 1.82) is 0 Å². The van der Waals surface area contributed by atoms with Crippen LogP contribution in [0.5, 0.6) is 0 Å². The topological polar surface area (TPSA) is 79.2 Å². The van der Waals surface area contributed by atoms with Crippen molar-refractivity contribution >= 4 is 51.6 Å². The number of para-hydroxylation sites is 1. The molecule has 1 N–H and O–H groups in total. The predicted molar refractivity (Wildman–Crippen MR) is 132 cm³/mol. The van der Waals surface area contributed by atoms with Gasteiger partial charge < -0.3 is 15.1 Å². The van der Waals surface area contributed by atoms with E-state index in [-0.39, 0.29) is 5.56 Å². The minimum atomic E-state index is -0.299. The Bertz CT molecular complexity index is 1350. The average molecular weight is 482 g/mol. The molecule has 5 rings (SSSR count). The molecule has 4 aromatic rings. The van der Waals surface area contributed by atoms with Gasteiger partial charge in [-0.15, -0.1) is 0 Å². The second-order valence-electron chi connectivity index (χ2n) is 7.87. The molecule has 0 aliphatic carbocycles. The fraction of sp³-hybridized carbons (Fsp3) is 0.217. The van der Waals surface area contributed by atoms with Crippen molar-refractivity contribution in [3.05, 3.63) is 75.4 Å². The molecule has 33 heavy (non-hydrogen) atoms. The molecule has 8 nitrogen and oxygen atoms in total. The smallest absolute Gasteiger partial charge is 0.266 e. The molecule has 168 valence electrons. The number of nitrogens with zero attached hydrogens (tertiary/aromatic N) is 6. The first-order chi connectivity index (χ1) is 16.0. The lowest BCUT2D eigenvalue weighted by molar-refractivity contribution is 0.312. The van der Waals surface area contributed by atoms with Gasteiger partial charge in [-0.3, -0.25) is 9.36 Å². The fourth-order valence-corrected chi connectivity index (χ4v) is 4.38. The lowest BCUT2D eigenvalue weighted by atomic mass is 10.2. The van der Waals surface area contributed by atoms with Gasteiger partial charge in [0, 0.05) is 38.6 Å². The molecule has 0 unspecified atom stereocenters. The molecule has 1 saturated heterocycles. The molecule has 1 aliphatic rings. The Morgan fingerprint density at radius 1 is 0.939 bits per heavy atom. The van der Waals surface area contributed by atoms with Crippen LogP contribution in [0.2, 0.25) is 10.0 Å². The van der Waals surface area contributed by atoms with Crippen LogP contribution in [-0.2, 0) is 0 Å². The van der Waals surface area contributed by atoms with E-state index in [1.807, 2.05) is 12.1 Å². The SMILES string of the molecule is CN1CCN(c2ccc(Nc3ncc4c(=O)n(-c5c(Cl)cccc5Cl)ccc4n3)cn2)CC1. The molecule has 10 heteroatoms. The van der Waals surface area contributed by atoms with E-state index in [0.29, 0.717) is 32.6 Å². The predicted octanol–water partition coefficient (Wildman–Crippen LogP) is 3.98. The highest BCUT2D eigenvalue weighted by atomic mass is 35.5. The third-order valence-electron chi connectivity index (χ3n) is 5.66. The van der Waals surface area contributed by atoms with E-state index >= 15 is 0 Å². The Morgan fingerprint density at radius 2 is 1.70 bits per heavy atom. The van der Waals surface area contributed by atoms with Crippen molar-refractivity contribution in [2.45, 2.75) is 0 Å². The van der Waals surface area contributed by atoms with Crippen LogP contribution < -0.4 is 15.8 Å². The van der Waals surface area contributed by atoms with Crippen molar-refractivity contribution in [1.82, 2.24) is 24.4 Å². The molecule has 4 heterocycles. The molecular formula is C23H21Cl2N7O. The van der Waals surface area contributed by atoms with Gasteiger partial charge in [0.2, 0.25) is 5.95 Å². The van der Waals surface area contributed by atoms with Gasteiger partial charge in [0.15, 0.2) is 0 Å². The number of fused-ring (bicyclic) bond motifs is 1. The zero-order valence-electron chi connectivity index (χ0n) is 17.9. The van der Waals surface area contributed by atoms with Gasteiger partial charge in [0.1, 0.15) is 5.82 Å². The van der Waals surface area contributed by atoms with Crippen LogP contribution >= 0.6 is 23.2 Å². The number of rotatable bonds is 4. The van der Waals surface area contributed by atoms with Crippen LogP contribution in [0.3, 0.4) is 0 Å². The number of hydrogen-bond donors (Lipinski definition) is 1. The fourth-order valence-electron chi connectivity index (χ4n) is 3.80. The number of halogens is 2. The highest BCUT2D eigenvalue weighted by molar-refractivity contribution is 6.37. The van der Waals surface area contributed by atoms with Crippen molar-refractivity contribution in [3.63, 3.8) is 0 Å². The normalized spacial score (nSPS) is 14.6. The van der Waals surface area contributed by atoms with E-state index in [1.54, 1.807) is 36.7 Å². The molecule has 1 fully saturated rings. The molecule has 0 bridgehead atoms. The van der Waals surface area contributed by atoms with Crippen molar-refractivity contribution in [2.24, 2.45) is 0 Å². The number of likely N-dealkylation sites (N-methyl/N-ethyl adjacent to an activating group) is 1. The first-order valence-corrected chi connectivity index (χ1v) is 11.2. The Labute approximate surface area is 200 Å². The highest BCUT2D eigenvalue weighted by Gasteiger charge is 2.16. The molecule has 0 atom stereocenters. The summed E-state index contributed by atoms with van der Waals surface area (Å²) in [6, 6.07) is 10.8. The molecule has 1 aliphatic heterocycles. The lowest BCUT2D eigenvalue weighted by Crippen LogP contribution is -2.44. The highest BCUT2D eigenvalue weighted by Crippen LogP contribution is 2.27. The summed E-state index contributed by atoms with van der Waals surface area (Å²) in [6.45, 7) is 3.97. The van der Waals surface area contributed by atoms with Crippen LogP contribution in [0.25, 0.3) is 16.6 Å². The Hall–Kier alpha value is -3.20. The summed E-state index contributed by atoms with van der Waals surface area (Å²) in [6.07, 6.45) is 4.87. The maximum absolute atomic E-state index is 13.0. The number of benzene rings is 1. The van der Waals surface area contributed by atoms with E-state index in [4.69, 9.17) is 23.2 Å².